The molecule has 2 unspecified atom stereocenters. The molecule has 1 amide bonds. The van der Waals surface area contributed by atoms with E-state index in [9.17, 15) is 4.79 Å². The first-order valence-electron chi connectivity index (χ1n) is 8.37. The summed E-state index contributed by atoms with van der Waals surface area (Å²) in [5.74, 6) is 0.331. The van der Waals surface area contributed by atoms with Crippen LogP contribution in [0.4, 0.5) is 0 Å². The van der Waals surface area contributed by atoms with Gasteiger partial charge in [0.25, 0.3) is 0 Å². The SMILES string of the molecule is CCCN(C(=O)CCCOCC)C1CC2CCC(C1)N2. The lowest BCUT2D eigenvalue weighted by Crippen LogP contribution is -2.50. The van der Waals surface area contributed by atoms with Gasteiger partial charge in [0.15, 0.2) is 0 Å². The van der Waals surface area contributed by atoms with E-state index in [4.69, 9.17) is 4.74 Å². The average molecular weight is 282 g/mol. The van der Waals surface area contributed by atoms with Gasteiger partial charge >= 0.3 is 0 Å². The molecule has 4 nitrogen and oxygen atoms in total. The van der Waals surface area contributed by atoms with E-state index in [1.807, 2.05) is 6.92 Å². The Kier molecular flexibility index (Phi) is 6.30. The molecule has 0 aliphatic carbocycles. The highest BCUT2D eigenvalue weighted by Gasteiger charge is 2.37. The number of amides is 1. The molecule has 2 fully saturated rings. The van der Waals surface area contributed by atoms with Crippen LogP contribution in [0.2, 0.25) is 0 Å². The summed E-state index contributed by atoms with van der Waals surface area (Å²) in [6, 6.07) is 1.76. The molecule has 2 aliphatic heterocycles. The van der Waals surface area contributed by atoms with Crippen molar-refractivity contribution in [1.82, 2.24) is 10.2 Å². The monoisotopic (exact) mass is 282 g/mol. The average Bonchev–Trinajstić information content (AvgIpc) is 2.79. The first-order valence-corrected chi connectivity index (χ1v) is 8.37. The predicted octanol–water partition coefficient (Wildman–Crippen LogP) is 2.32. The van der Waals surface area contributed by atoms with Crippen LogP contribution < -0.4 is 5.32 Å². The van der Waals surface area contributed by atoms with Gasteiger partial charge in [-0.05, 0) is 45.4 Å². The van der Waals surface area contributed by atoms with E-state index in [1.165, 1.54) is 12.8 Å². The van der Waals surface area contributed by atoms with Crippen molar-refractivity contribution in [1.29, 1.82) is 0 Å². The number of ether oxygens (including phenoxy) is 1. The standard InChI is InChI=1S/C16H30N2O2/c1-3-9-18(16(19)6-5-10-20-4-2)15-11-13-7-8-14(12-15)17-13/h13-15,17H,3-12H2,1-2H3. The van der Waals surface area contributed by atoms with Crippen LogP contribution >= 0.6 is 0 Å². The molecule has 0 aromatic carbocycles. The van der Waals surface area contributed by atoms with Crippen LogP contribution in [0, 0.1) is 0 Å². The first-order chi connectivity index (χ1) is 9.74. The molecule has 2 aliphatic rings. The van der Waals surface area contributed by atoms with Gasteiger partial charge in [-0.2, -0.15) is 0 Å². The summed E-state index contributed by atoms with van der Waals surface area (Å²) in [5, 5.41) is 3.66. The summed E-state index contributed by atoms with van der Waals surface area (Å²) < 4.78 is 5.33. The highest BCUT2D eigenvalue weighted by atomic mass is 16.5. The van der Waals surface area contributed by atoms with Gasteiger partial charge in [0.1, 0.15) is 0 Å². The van der Waals surface area contributed by atoms with Crippen LogP contribution in [0.25, 0.3) is 0 Å². The summed E-state index contributed by atoms with van der Waals surface area (Å²) >= 11 is 0. The van der Waals surface area contributed by atoms with Crippen LogP contribution in [0.15, 0.2) is 0 Å². The third-order valence-electron chi connectivity index (χ3n) is 4.56. The number of hydrogen-bond acceptors (Lipinski definition) is 3. The second-order valence-electron chi connectivity index (χ2n) is 6.15. The molecular formula is C16H30N2O2. The van der Waals surface area contributed by atoms with Crippen molar-refractivity contribution in [3.63, 3.8) is 0 Å². The summed E-state index contributed by atoms with van der Waals surface area (Å²) in [6.45, 7) is 6.52. The normalized spacial score (nSPS) is 28.6. The Morgan fingerprint density at radius 2 is 1.95 bits per heavy atom. The summed E-state index contributed by atoms with van der Waals surface area (Å²) in [6.07, 6.45) is 7.42. The molecule has 2 rings (SSSR count). The minimum atomic E-state index is 0.331. The zero-order valence-electron chi connectivity index (χ0n) is 13.1. The van der Waals surface area contributed by atoms with Crippen molar-refractivity contribution in [3.05, 3.63) is 0 Å². The number of piperidine rings is 1. The lowest BCUT2D eigenvalue weighted by Gasteiger charge is -2.38. The topological polar surface area (TPSA) is 41.6 Å². The minimum absolute atomic E-state index is 0.331. The number of carbonyl (C=O) groups excluding carboxylic acids is 1. The largest absolute Gasteiger partial charge is 0.382 e. The van der Waals surface area contributed by atoms with Gasteiger partial charge in [0, 0.05) is 44.3 Å². The second kappa shape index (κ2) is 7.99. The van der Waals surface area contributed by atoms with Gasteiger partial charge in [0.05, 0.1) is 0 Å². The molecular weight excluding hydrogens is 252 g/mol. The number of nitrogens with zero attached hydrogens (tertiary/aromatic N) is 1. The van der Waals surface area contributed by atoms with Crippen LogP contribution in [0.5, 0.6) is 0 Å². The number of rotatable bonds is 8. The summed E-state index contributed by atoms with van der Waals surface area (Å²) in [7, 11) is 0. The summed E-state index contributed by atoms with van der Waals surface area (Å²) in [4.78, 5) is 14.6. The molecule has 0 radical (unpaired) electrons. The molecule has 0 aromatic rings. The van der Waals surface area contributed by atoms with E-state index in [0.29, 0.717) is 37.1 Å². The van der Waals surface area contributed by atoms with E-state index >= 15 is 0 Å². The Balaban J connectivity index is 1.84. The van der Waals surface area contributed by atoms with Crippen molar-refractivity contribution in [2.75, 3.05) is 19.8 Å². The first kappa shape index (κ1) is 15.8. The molecule has 0 spiro atoms. The smallest absolute Gasteiger partial charge is 0.222 e. The van der Waals surface area contributed by atoms with Gasteiger partial charge in [-0.3, -0.25) is 4.79 Å². The number of hydrogen-bond donors (Lipinski definition) is 1. The molecule has 0 saturated carbocycles. The maximum atomic E-state index is 12.5. The lowest BCUT2D eigenvalue weighted by molar-refractivity contribution is -0.134. The Morgan fingerprint density at radius 3 is 2.55 bits per heavy atom. The van der Waals surface area contributed by atoms with E-state index in [0.717, 1.165) is 38.8 Å². The lowest BCUT2D eigenvalue weighted by atomic mass is 9.97. The fourth-order valence-electron chi connectivity index (χ4n) is 3.65. The van der Waals surface area contributed by atoms with E-state index in [1.54, 1.807) is 0 Å². The fourth-order valence-corrected chi connectivity index (χ4v) is 3.65. The van der Waals surface area contributed by atoms with E-state index in [2.05, 4.69) is 17.1 Å². The molecule has 4 heteroatoms. The Morgan fingerprint density at radius 1 is 1.25 bits per heavy atom. The van der Waals surface area contributed by atoms with Gasteiger partial charge < -0.3 is 15.0 Å². The second-order valence-corrected chi connectivity index (χ2v) is 6.15. The van der Waals surface area contributed by atoms with Gasteiger partial charge in [0.2, 0.25) is 5.91 Å². The quantitative estimate of drug-likeness (QED) is 0.695. The van der Waals surface area contributed by atoms with Gasteiger partial charge in [-0.15, -0.1) is 0 Å². The predicted molar refractivity (Wildman–Crippen MR) is 80.7 cm³/mol. The molecule has 0 aromatic heterocycles. The molecule has 2 heterocycles. The molecule has 2 saturated heterocycles. The zero-order chi connectivity index (χ0) is 14.4. The van der Waals surface area contributed by atoms with Crippen molar-refractivity contribution >= 4 is 5.91 Å². The van der Waals surface area contributed by atoms with Crippen molar-refractivity contribution in [2.24, 2.45) is 0 Å². The minimum Gasteiger partial charge on any atom is -0.382 e. The molecule has 116 valence electrons. The third kappa shape index (κ3) is 4.19. The Hall–Kier alpha value is -0.610. The maximum Gasteiger partial charge on any atom is 0.222 e. The highest BCUT2D eigenvalue weighted by molar-refractivity contribution is 5.76. The Labute approximate surface area is 123 Å². The molecule has 20 heavy (non-hydrogen) atoms. The van der Waals surface area contributed by atoms with Crippen LogP contribution in [0.3, 0.4) is 0 Å². The number of nitrogens with one attached hydrogen (secondary N) is 1. The highest BCUT2D eigenvalue weighted by Crippen LogP contribution is 2.30. The Bertz CT molecular complexity index is 297. The van der Waals surface area contributed by atoms with Crippen LogP contribution in [-0.4, -0.2) is 48.7 Å². The van der Waals surface area contributed by atoms with Crippen molar-refractivity contribution in [2.45, 2.75) is 76.9 Å². The summed E-state index contributed by atoms with van der Waals surface area (Å²) in [5.41, 5.74) is 0. The maximum absolute atomic E-state index is 12.5. The van der Waals surface area contributed by atoms with Gasteiger partial charge in [-0.1, -0.05) is 6.92 Å². The van der Waals surface area contributed by atoms with E-state index < -0.39 is 0 Å². The van der Waals surface area contributed by atoms with Crippen molar-refractivity contribution in [3.8, 4) is 0 Å². The van der Waals surface area contributed by atoms with Crippen LogP contribution in [-0.2, 0) is 9.53 Å². The van der Waals surface area contributed by atoms with Gasteiger partial charge in [-0.25, -0.2) is 0 Å². The van der Waals surface area contributed by atoms with E-state index in [-0.39, 0.29) is 0 Å². The molecule has 2 bridgehead atoms. The van der Waals surface area contributed by atoms with Crippen molar-refractivity contribution < 1.29 is 9.53 Å². The molecule has 1 N–H and O–H groups in total. The third-order valence-corrected chi connectivity index (χ3v) is 4.56. The molecule has 2 atom stereocenters. The number of fused-ring (bicyclic) bond motifs is 2. The number of carbonyl (C=O) groups is 1. The fraction of sp³-hybridized carbons (Fsp3) is 0.938. The van der Waals surface area contributed by atoms with Crippen LogP contribution in [0.1, 0.15) is 58.8 Å². The zero-order valence-corrected chi connectivity index (χ0v) is 13.1.